The number of hydrogen-bond donors (Lipinski definition) is 0. The molecule has 0 saturated carbocycles. The summed E-state index contributed by atoms with van der Waals surface area (Å²) in [4.78, 5) is 6.42. The van der Waals surface area contributed by atoms with Gasteiger partial charge in [0, 0.05) is 43.3 Å². The molecule has 0 aliphatic rings. The van der Waals surface area contributed by atoms with Crippen LogP contribution in [-0.2, 0) is 13.1 Å². The summed E-state index contributed by atoms with van der Waals surface area (Å²) in [6.45, 7) is 8.39. The van der Waals surface area contributed by atoms with Crippen molar-refractivity contribution in [3.8, 4) is 0 Å². The van der Waals surface area contributed by atoms with Gasteiger partial charge in [-0.2, -0.15) is 5.10 Å². The third-order valence-corrected chi connectivity index (χ3v) is 3.77. The molecular weight excluding hydrogens is 248 g/mol. The topological polar surface area (TPSA) is 34.0 Å². The zero-order chi connectivity index (χ0) is 14.5. The lowest BCUT2D eigenvalue weighted by Gasteiger charge is -2.24. The standard InChI is InChI=1S/C16H24N4/c1-5-10-20-12-16(13(2)18-20)11-19(4)14(3)15-6-8-17-9-7-15/h6-9,12,14H,5,10-11H2,1-4H3. The van der Waals surface area contributed by atoms with Crippen molar-refractivity contribution in [3.05, 3.63) is 47.5 Å². The highest BCUT2D eigenvalue weighted by molar-refractivity contribution is 5.18. The first-order valence-corrected chi connectivity index (χ1v) is 7.25. The van der Waals surface area contributed by atoms with Crippen LogP contribution in [0.3, 0.4) is 0 Å². The zero-order valence-electron chi connectivity index (χ0n) is 12.9. The van der Waals surface area contributed by atoms with Crippen molar-refractivity contribution in [2.45, 2.75) is 46.3 Å². The molecule has 1 atom stereocenters. The van der Waals surface area contributed by atoms with E-state index in [2.05, 4.69) is 65.8 Å². The molecule has 4 heteroatoms. The maximum Gasteiger partial charge on any atom is 0.0638 e. The van der Waals surface area contributed by atoms with Gasteiger partial charge in [-0.25, -0.2) is 0 Å². The molecule has 0 bridgehead atoms. The summed E-state index contributed by atoms with van der Waals surface area (Å²) in [5, 5.41) is 4.57. The van der Waals surface area contributed by atoms with E-state index in [1.807, 2.05) is 12.4 Å². The van der Waals surface area contributed by atoms with Gasteiger partial charge in [-0.3, -0.25) is 14.6 Å². The highest BCUT2D eigenvalue weighted by atomic mass is 15.3. The minimum absolute atomic E-state index is 0.368. The van der Waals surface area contributed by atoms with Gasteiger partial charge in [-0.15, -0.1) is 0 Å². The van der Waals surface area contributed by atoms with Crippen molar-refractivity contribution in [3.63, 3.8) is 0 Å². The lowest BCUT2D eigenvalue weighted by Crippen LogP contribution is -2.22. The van der Waals surface area contributed by atoms with Gasteiger partial charge in [0.1, 0.15) is 0 Å². The summed E-state index contributed by atoms with van der Waals surface area (Å²) in [5.41, 5.74) is 3.73. The Balaban J connectivity index is 2.05. The van der Waals surface area contributed by atoms with E-state index >= 15 is 0 Å². The van der Waals surface area contributed by atoms with Crippen molar-refractivity contribution in [2.24, 2.45) is 0 Å². The summed E-state index contributed by atoms with van der Waals surface area (Å²) >= 11 is 0. The van der Waals surface area contributed by atoms with Crippen molar-refractivity contribution in [1.29, 1.82) is 0 Å². The summed E-state index contributed by atoms with van der Waals surface area (Å²) in [6.07, 6.45) is 6.99. The predicted molar refractivity (Wildman–Crippen MR) is 81.4 cm³/mol. The van der Waals surface area contributed by atoms with E-state index in [-0.39, 0.29) is 0 Å². The van der Waals surface area contributed by atoms with Gasteiger partial charge in [0.05, 0.1) is 5.69 Å². The largest absolute Gasteiger partial charge is 0.295 e. The smallest absolute Gasteiger partial charge is 0.0638 e. The highest BCUT2D eigenvalue weighted by Gasteiger charge is 2.14. The van der Waals surface area contributed by atoms with Crippen LogP contribution in [0.2, 0.25) is 0 Å². The third-order valence-electron chi connectivity index (χ3n) is 3.77. The molecule has 1 unspecified atom stereocenters. The Labute approximate surface area is 121 Å². The number of pyridine rings is 1. The van der Waals surface area contributed by atoms with Gasteiger partial charge in [0.15, 0.2) is 0 Å². The minimum Gasteiger partial charge on any atom is -0.295 e. The van der Waals surface area contributed by atoms with Crippen LogP contribution in [0.15, 0.2) is 30.7 Å². The van der Waals surface area contributed by atoms with Crippen LogP contribution in [0.4, 0.5) is 0 Å². The van der Waals surface area contributed by atoms with Crippen molar-refractivity contribution in [1.82, 2.24) is 19.7 Å². The first-order valence-electron chi connectivity index (χ1n) is 7.25. The maximum absolute atomic E-state index is 4.57. The van der Waals surface area contributed by atoms with Gasteiger partial charge in [-0.1, -0.05) is 6.92 Å². The van der Waals surface area contributed by atoms with Gasteiger partial charge in [0.2, 0.25) is 0 Å². The second-order valence-corrected chi connectivity index (χ2v) is 5.37. The van der Waals surface area contributed by atoms with Crippen LogP contribution in [0.25, 0.3) is 0 Å². The van der Waals surface area contributed by atoms with E-state index in [0.717, 1.165) is 25.2 Å². The Kier molecular flexibility index (Phi) is 4.90. The summed E-state index contributed by atoms with van der Waals surface area (Å²) in [5.74, 6) is 0. The SMILES string of the molecule is CCCn1cc(CN(C)C(C)c2ccncc2)c(C)n1. The minimum atomic E-state index is 0.368. The molecule has 108 valence electrons. The van der Waals surface area contributed by atoms with E-state index < -0.39 is 0 Å². The van der Waals surface area contributed by atoms with E-state index in [9.17, 15) is 0 Å². The number of aryl methyl sites for hydroxylation is 2. The molecule has 0 N–H and O–H groups in total. The number of rotatable bonds is 6. The Morgan fingerprint density at radius 1 is 1.30 bits per heavy atom. The normalized spacial score (nSPS) is 12.8. The fourth-order valence-corrected chi connectivity index (χ4v) is 2.36. The first kappa shape index (κ1) is 14.7. The molecule has 2 heterocycles. The number of hydrogen-bond acceptors (Lipinski definition) is 3. The summed E-state index contributed by atoms with van der Waals surface area (Å²) in [6, 6.07) is 4.52. The number of aromatic nitrogens is 3. The Hall–Kier alpha value is -1.68. The maximum atomic E-state index is 4.57. The lowest BCUT2D eigenvalue weighted by molar-refractivity contribution is 0.252. The van der Waals surface area contributed by atoms with Crippen LogP contribution >= 0.6 is 0 Å². The molecule has 0 saturated heterocycles. The second-order valence-electron chi connectivity index (χ2n) is 5.37. The molecule has 0 aromatic carbocycles. The summed E-state index contributed by atoms with van der Waals surface area (Å²) < 4.78 is 2.05. The van der Waals surface area contributed by atoms with E-state index in [0.29, 0.717) is 6.04 Å². The molecule has 0 amide bonds. The Bertz CT molecular complexity index is 533. The van der Waals surface area contributed by atoms with Crippen molar-refractivity contribution >= 4 is 0 Å². The summed E-state index contributed by atoms with van der Waals surface area (Å²) in [7, 11) is 2.15. The molecule has 2 rings (SSSR count). The monoisotopic (exact) mass is 272 g/mol. The molecule has 0 aliphatic carbocycles. The van der Waals surface area contributed by atoms with Crippen LogP contribution in [0.5, 0.6) is 0 Å². The zero-order valence-corrected chi connectivity index (χ0v) is 12.9. The van der Waals surface area contributed by atoms with Crippen LogP contribution in [0, 0.1) is 6.92 Å². The molecule has 0 spiro atoms. The van der Waals surface area contributed by atoms with Crippen LogP contribution in [0.1, 0.15) is 43.1 Å². The average molecular weight is 272 g/mol. The average Bonchev–Trinajstić information content (AvgIpc) is 2.79. The highest BCUT2D eigenvalue weighted by Crippen LogP contribution is 2.20. The number of nitrogens with zero attached hydrogens (tertiary/aromatic N) is 4. The van der Waals surface area contributed by atoms with Crippen LogP contribution in [-0.4, -0.2) is 26.7 Å². The van der Waals surface area contributed by atoms with Gasteiger partial charge < -0.3 is 0 Å². The predicted octanol–water partition coefficient (Wildman–Crippen LogP) is 3.19. The molecule has 0 aliphatic heterocycles. The van der Waals surface area contributed by atoms with E-state index in [1.165, 1.54) is 11.1 Å². The molecule has 4 nitrogen and oxygen atoms in total. The molecule has 0 fully saturated rings. The molecular formula is C16H24N4. The molecule has 2 aromatic heterocycles. The van der Waals surface area contributed by atoms with Gasteiger partial charge in [0.25, 0.3) is 0 Å². The lowest BCUT2D eigenvalue weighted by atomic mass is 10.1. The van der Waals surface area contributed by atoms with Crippen molar-refractivity contribution < 1.29 is 0 Å². The van der Waals surface area contributed by atoms with Gasteiger partial charge >= 0.3 is 0 Å². The fraction of sp³-hybridized carbons (Fsp3) is 0.500. The fourth-order valence-electron chi connectivity index (χ4n) is 2.36. The molecule has 2 aromatic rings. The third kappa shape index (κ3) is 3.45. The van der Waals surface area contributed by atoms with Crippen molar-refractivity contribution in [2.75, 3.05) is 7.05 Å². The van der Waals surface area contributed by atoms with Crippen LogP contribution < -0.4 is 0 Å². The second kappa shape index (κ2) is 6.66. The first-order chi connectivity index (χ1) is 9.61. The molecule has 20 heavy (non-hydrogen) atoms. The van der Waals surface area contributed by atoms with E-state index in [1.54, 1.807) is 0 Å². The van der Waals surface area contributed by atoms with Gasteiger partial charge in [-0.05, 0) is 45.0 Å². The molecule has 0 radical (unpaired) electrons. The quantitative estimate of drug-likeness (QED) is 0.810. The Morgan fingerprint density at radius 3 is 2.65 bits per heavy atom. The van der Waals surface area contributed by atoms with E-state index in [4.69, 9.17) is 0 Å². The Morgan fingerprint density at radius 2 is 2.00 bits per heavy atom.